The van der Waals surface area contributed by atoms with Crippen molar-refractivity contribution in [1.29, 1.82) is 0 Å². The first kappa shape index (κ1) is 26.6. The molecule has 1 aromatic rings. The maximum Gasteiger partial charge on any atom is 0.306 e. The van der Waals surface area contributed by atoms with E-state index in [1.807, 2.05) is 0 Å². The minimum atomic E-state index is -2.74. The predicted octanol–water partition coefficient (Wildman–Crippen LogP) is 3.91. The standard InChI is InChI=1S/C27H33F3N2O6/c1-37-20-10-19(28)21(38-17-6-4-13(5-7-17)26(35)36)9-18(20)24(33)32-23-15-3-2-14(8-15)22(23)25(34)31-16-11-27(29,30)12-16/h9-10,13-17,22-23H,2-8,11-12H2,1H3,(H,31,34)(H,32,33)(H,35,36). The largest absolute Gasteiger partial charge is 0.496 e. The number of halogens is 3. The molecule has 4 saturated carbocycles. The molecule has 11 heteroatoms. The number of benzene rings is 1. The summed E-state index contributed by atoms with van der Waals surface area (Å²) in [5.74, 6) is -6.04. The number of carboxylic acid groups (broad SMARTS) is 1. The van der Waals surface area contributed by atoms with Gasteiger partial charge in [-0.25, -0.2) is 13.2 Å². The van der Waals surface area contributed by atoms with E-state index in [9.17, 15) is 32.7 Å². The van der Waals surface area contributed by atoms with Gasteiger partial charge in [-0.2, -0.15) is 0 Å². The van der Waals surface area contributed by atoms with E-state index in [2.05, 4.69) is 10.6 Å². The Morgan fingerprint density at radius 3 is 2.29 bits per heavy atom. The van der Waals surface area contributed by atoms with Crippen LogP contribution in [0, 0.1) is 29.5 Å². The lowest BCUT2D eigenvalue weighted by molar-refractivity contribution is -0.143. The van der Waals surface area contributed by atoms with Crippen LogP contribution in [0.3, 0.4) is 0 Å². The number of ether oxygens (including phenoxy) is 2. The molecular weight excluding hydrogens is 505 g/mol. The number of amides is 2. The summed E-state index contributed by atoms with van der Waals surface area (Å²) in [4.78, 5) is 37.7. The summed E-state index contributed by atoms with van der Waals surface area (Å²) in [6.45, 7) is 0. The number of alkyl halides is 2. The van der Waals surface area contributed by atoms with Gasteiger partial charge in [-0.1, -0.05) is 0 Å². The summed E-state index contributed by atoms with van der Waals surface area (Å²) in [6.07, 6.45) is 3.13. The van der Waals surface area contributed by atoms with Crippen LogP contribution >= 0.6 is 0 Å². The van der Waals surface area contributed by atoms with Crippen LogP contribution in [0.5, 0.6) is 11.5 Å². The summed E-state index contributed by atoms with van der Waals surface area (Å²) in [5.41, 5.74) is 0.0590. The Kier molecular flexibility index (Phi) is 7.21. The second-order valence-corrected chi connectivity index (χ2v) is 11.2. The summed E-state index contributed by atoms with van der Waals surface area (Å²) in [7, 11) is 1.32. The third-order valence-corrected chi connectivity index (χ3v) is 8.77. The minimum Gasteiger partial charge on any atom is -0.496 e. The Morgan fingerprint density at radius 1 is 0.974 bits per heavy atom. The molecule has 1 aromatic carbocycles. The molecule has 2 amide bonds. The van der Waals surface area contributed by atoms with Gasteiger partial charge >= 0.3 is 5.97 Å². The second kappa shape index (κ2) is 10.3. The molecule has 0 spiro atoms. The van der Waals surface area contributed by atoms with Crippen LogP contribution in [0.2, 0.25) is 0 Å². The number of nitrogens with one attached hydrogen (secondary N) is 2. The van der Waals surface area contributed by atoms with Crippen molar-refractivity contribution in [1.82, 2.24) is 10.6 Å². The van der Waals surface area contributed by atoms with E-state index in [0.717, 1.165) is 25.3 Å². The Morgan fingerprint density at radius 2 is 1.66 bits per heavy atom. The SMILES string of the molecule is COc1cc(F)c(OC2CCC(C(=O)O)CC2)cc1C(=O)NC1C2CCC(C2)C1C(=O)NC1CC(F)(F)C1. The molecule has 0 aliphatic heterocycles. The fourth-order valence-corrected chi connectivity index (χ4v) is 6.75. The molecule has 4 fully saturated rings. The van der Waals surface area contributed by atoms with E-state index in [-0.39, 0.29) is 53.8 Å². The highest BCUT2D eigenvalue weighted by molar-refractivity contribution is 5.98. The smallest absolute Gasteiger partial charge is 0.306 e. The molecule has 2 bridgehead atoms. The monoisotopic (exact) mass is 538 g/mol. The first-order valence-electron chi connectivity index (χ1n) is 13.3. The van der Waals surface area contributed by atoms with E-state index >= 15 is 0 Å². The van der Waals surface area contributed by atoms with Gasteiger partial charge in [0.15, 0.2) is 11.6 Å². The molecule has 4 atom stereocenters. The van der Waals surface area contributed by atoms with Crippen molar-refractivity contribution in [2.75, 3.05) is 7.11 Å². The van der Waals surface area contributed by atoms with E-state index in [1.54, 1.807) is 0 Å². The number of aliphatic carboxylic acids is 1. The van der Waals surface area contributed by atoms with Crippen LogP contribution in [0.15, 0.2) is 12.1 Å². The summed E-state index contributed by atoms with van der Waals surface area (Å²) >= 11 is 0. The first-order valence-corrected chi connectivity index (χ1v) is 13.3. The zero-order valence-corrected chi connectivity index (χ0v) is 21.2. The normalized spacial score (nSPS) is 31.8. The number of carbonyl (C=O) groups excluding carboxylic acids is 2. The van der Waals surface area contributed by atoms with Crippen molar-refractivity contribution in [2.45, 2.75) is 81.9 Å². The van der Waals surface area contributed by atoms with Gasteiger partial charge in [0, 0.05) is 31.0 Å². The third-order valence-electron chi connectivity index (χ3n) is 8.77. The highest BCUT2D eigenvalue weighted by atomic mass is 19.3. The number of carboxylic acids is 1. The Hall–Kier alpha value is -2.98. The molecule has 0 saturated heterocycles. The highest BCUT2D eigenvalue weighted by Crippen LogP contribution is 2.49. The van der Waals surface area contributed by atoms with Crippen LogP contribution < -0.4 is 20.1 Å². The fourth-order valence-electron chi connectivity index (χ4n) is 6.75. The van der Waals surface area contributed by atoms with E-state index in [1.165, 1.54) is 13.2 Å². The van der Waals surface area contributed by atoms with E-state index < -0.39 is 47.5 Å². The summed E-state index contributed by atoms with van der Waals surface area (Å²) < 4.78 is 52.4. The molecule has 4 aliphatic rings. The lowest BCUT2D eigenvalue weighted by atomic mass is 9.82. The average molecular weight is 539 g/mol. The van der Waals surface area contributed by atoms with Gasteiger partial charge in [-0.05, 0) is 62.8 Å². The third kappa shape index (κ3) is 5.29. The van der Waals surface area contributed by atoms with E-state index in [0.29, 0.717) is 25.7 Å². The quantitative estimate of drug-likeness (QED) is 0.463. The summed E-state index contributed by atoms with van der Waals surface area (Å²) in [5, 5.41) is 14.9. The van der Waals surface area contributed by atoms with Gasteiger partial charge in [0.2, 0.25) is 5.91 Å². The van der Waals surface area contributed by atoms with Crippen LogP contribution in [0.1, 0.15) is 68.1 Å². The lowest BCUT2D eigenvalue weighted by Gasteiger charge is -2.38. The maximum atomic E-state index is 14.8. The van der Waals surface area contributed by atoms with Gasteiger partial charge in [0.25, 0.3) is 11.8 Å². The Labute approximate surface area is 218 Å². The van der Waals surface area contributed by atoms with Crippen LogP contribution in [0.4, 0.5) is 13.2 Å². The predicted molar refractivity (Wildman–Crippen MR) is 129 cm³/mol. The molecule has 0 aromatic heterocycles. The van der Waals surface area contributed by atoms with Crippen molar-refractivity contribution >= 4 is 17.8 Å². The zero-order valence-electron chi connectivity index (χ0n) is 21.2. The molecule has 4 unspecified atom stereocenters. The van der Waals surface area contributed by atoms with Crippen molar-refractivity contribution in [3.63, 3.8) is 0 Å². The highest BCUT2D eigenvalue weighted by Gasteiger charge is 2.53. The summed E-state index contributed by atoms with van der Waals surface area (Å²) in [6, 6.07) is 1.34. The van der Waals surface area contributed by atoms with Crippen LogP contribution in [-0.4, -0.2) is 54.1 Å². The van der Waals surface area contributed by atoms with Crippen LogP contribution in [-0.2, 0) is 9.59 Å². The lowest BCUT2D eigenvalue weighted by Crippen LogP contribution is -2.56. The van der Waals surface area contributed by atoms with Gasteiger partial charge in [-0.3, -0.25) is 14.4 Å². The number of fused-ring (bicyclic) bond motifs is 2. The number of hydrogen-bond acceptors (Lipinski definition) is 5. The van der Waals surface area contributed by atoms with Crippen molar-refractivity contribution in [3.05, 3.63) is 23.5 Å². The van der Waals surface area contributed by atoms with Gasteiger partial charge in [-0.15, -0.1) is 0 Å². The van der Waals surface area contributed by atoms with E-state index in [4.69, 9.17) is 9.47 Å². The molecule has 0 radical (unpaired) electrons. The molecule has 0 heterocycles. The first-order chi connectivity index (χ1) is 18.0. The molecule has 8 nitrogen and oxygen atoms in total. The maximum absolute atomic E-state index is 14.8. The molecule has 38 heavy (non-hydrogen) atoms. The van der Waals surface area contributed by atoms with Crippen molar-refractivity contribution in [2.24, 2.45) is 23.7 Å². The minimum absolute atomic E-state index is 0.0165. The van der Waals surface area contributed by atoms with Crippen molar-refractivity contribution < 1.29 is 42.1 Å². The Bertz CT molecular complexity index is 1100. The molecule has 208 valence electrons. The average Bonchev–Trinajstić information content (AvgIpc) is 3.46. The molecule has 4 aliphatic carbocycles. The second-order valence-electron chi connectivity index (χ2n) is 11.2. The number of hydrogen-bond donors (Lipinski definition) is 3. The molecular formula is C27H33F3N2O6. The number of rotatable bonds is 8. The van der Waals surface area contributed by atoms with Gasteiger partial charge in [0.05, 0.1) is 30.6 Å². The fraction of sp³-hybridized carbons (Fsp3) is 0.667. The number of methoxy groups -OCH3 is 1. The van der Waals surface area contributed by atoms with Gasteiger partial charge < -0.3 is 25.2 Å². The van der Waals surface area contributed by atoms with Crippen LogP contribution in [0.25, 0.3) is 0 Å². The van der Waals surface area contributed by atoms with Gasteiger partial charge in [0.1, 0.15) is 5.75 Å². The topological polar surface area (TPSA) is 114 Å². The Balaban J connectivity index is 1.28. The number of carbonyl (C=O) groups is 3. The molecule has 3 N–H and O–H groups in total. The zero-order chi connectivity index (χ0) is 27.2. The molecule has 5 rings (SSSR count). The van der Waals surface area contributed by atoms with Crippen molar-refractivity contribution in [3.8, 4) is 11.5 Å².